The van der Waals surface area contributed by atoms with Crippen molar-refractivity contribution in [2.75, 3.05) is 44.7 Å². The molecule has 0 unspecified atom stereocenters. The third-order valence-corrected chi connectivity index (χ3v) is 5.47. The van der Waals surface area contributed by atoms with Crippen LogP contribution < -0.4 is 15.0 Å². The number of aromatic nitrogens is 2. The number of aliphatic imine (C=N–C) groups is 1. The van der Waals surface area contributed by atoms with Gasteiger partial charge in [0.05, 0.1) is 13.7 Å². The molecule has 0 atom stereocenters. The number of piperazine rings is 1. The molecule has 1 fully saturated rings. The first-order chi connectivity index (χ1) is 13.7. The normalized spacial score (nSPS) is 14.5. The molecular formula is C19H29IN6O2S. The number of aromatic hydroxyl groups is 1. The predicted octanol–water partition coefficient (Wildman–Crippen LogP) is 2.72. The van der Waals surface area contributed by atoms with E-state index in [1.807, 2.05) is 12.1 Å². The van der Waals surface area contributed by atoms with Crippen molar-refractivity contribution in [2.45, 2.75) is 26.8 Å². The number of ether oxygens (including phenoxy) is 1. The second-order valence-corrected chi connectivity index (χ2v) is 7.19. The van der Waals surface area contributed by atoms with Gasteiger partial charge in [-0.15, -0.1) is 24.0 Å². The summed E-state index contributed by atoms with van der Waals surface area (Å²) in [6, 6.07) is 5.47. The Morgan fingerprint density at radius 3 is 2.66 bits per heavy atom. The molecule has 8 nitrogen and oxygen atoms in total. The Balaban J connectivity index is 0.00000300. The van der Waals surface area contributed by atoms with Crippen molar-refractivity contribution in [3.8, 4) is 11.5 Å². The van der Waals surface area contributed by atoms with Crippen LogP contribution in [0.4, 0.5) is 5.13 Å². The molecule has 0 spiro atoms. The van der Waals surface area contributed by atoms with Gasteiger partial charge in [-0.2, -0.15) is 4.37 Å². The van der Waals surface area contributed by atoms with Crippen LogP contribution in [-0.4, -0.2) is 65.2 Å². The lowest BCUT2D eigenvalue weighted by Gasteiger charge is -2.36. The number of hydrogen-bond acceptors (Lipinski definition) is 7. The third-order valence-electron chi connectivity index (χ3n) is 4.66. The van der Waals surface area contributed by atoms with Crippen LogP contribution in [-0.2, 0) is 13.0 Å². The molecule has 0 saturated carbocycles. The second-order valence-electron chi connectivity index (χ2n) is 6.46. The Kier molecular flexibility index (Phi) is 9.21. The molecule has 160 valence electrons. The predicted molar refractivity (Wildman–Crippen MR) is 128 cm³/mol. The van der Waals surface area contributed by atoms with Crippen molar-refractivity contribution in [1.82, 2.24) is 19.6 Å². The molecule has 1 saturated heterocycles. The first kappa shape index (κ1) is 23.5. The number of benzene rings is 1. The Morgan fingerprint density at radius 2 is 2.03 bits per heavy atom. The van der Waals surface area contributed by atoms with Gasteiger partial charge >= 0.3 is 0 Å². The highest BCUT2D eigenvalue weighted by Gasteiger charge is 2.22. The summed E-state index contributed by atoms with van der Waals surface area (Å²) in [6.07, 6.45) is 0.866. The molecule has 1 aliphatic heterocycles. The molecule has 2 N–H and O–H groups in total. The molecular weight excluding hydrogens is 503 g/mol. The van der Waals surface area contributed by atoms with Crippen molar-refractivity contribution in [3.63, 3.8) is 0 Å². The minimum atomic E-state index is 0. The molecule has 1 aromatic carbocycles. The van der Waals surface area contributed by atoms with Gasteiger partial charge < -0.3 is 25.0 Å². The van der Waals surface area contributed by atoms with E-state index >= 15 is 0 Å². The third kappa shape index (κ3) is 5.84. The van der Waals surface area contributed by atoms with Crippen LogP contribution in [0.25, 0.3) is 0 Å². The highest BCUT2D eigenvalue weighted by atomic mass is 127. The molecule has 0 aliphatic carbocycles. The summed E-state index contributed by atoms with van der Waals surface area (Å²) in [4.78, 5) is 13.9. The van der Waals surface area contributed by atoms with E-state index in [-0.39, 0.29) is 29.7 Å². The maximum absolute atomic E-state index is 10.3. The van der Waals surface area contributed by atoms with E-state index in [0.717, 1.165) is 61.6 Å². The molecule has 2 heterocycles. The standard InChI is InChI=1S/C19H28N6O2S.HI/c1-4-16-22-19(28-23-16)25-11-9-24(10-12-25)18(20-5-2)21-13-14-7-6-8-15(27-3)17(14)26;/h6-8,26H,4-5,9-13H2,1-3H3,(H,20,21);1H. The van der Waals surface area contributed by atoms with E-state index in [2.05, 4.69) is 38.3 Å². The summed E-state index contributed by atoms with van der Waals surface area (Å²) in [6.45, 7) is 8.79. The topological polar surface area (TPSA) is 86.1 Å². The zero-order valence-electron chi connectivity index (χ0n) is 17.1. The number of aryl methyl sites for hydroxylation is 1. The lowest BCUT2D eigenvalue weighted by Crippen LogP contribution is -2.52. The van der Waals surface area contributed by atoms with Gasteiger partial charge in [0, 0.05) is 56.2 Å². The Labute approximate surface area is 193 Å². The molecule has 10 heteroatoms. The van der Waals surface area contributed by atoms with Gasteiger partial charge in [-0.05, 0) is 13.0 Å². The lowest BCUT2D eigenvalue weighted by atomic mass is 10.2. The zero-order valence-corrected chi connectivity index (χ0v) is 20.2. The maximum Gasteiger partial charge on any atom is 0.205 e. The molecule has 1 aliphatic rings. The maximum atomic E-state index is 10.3. The minimum absolute atomic E-state index is 0. The van der Waals surface area contributed by atoms with E-state index in [4.69, 9.17) is 9.73 Å². The molecule has 0 amide bonds. The number of methoxy groups -OCH3 is 1. The summed E-state index contributed by atoms with van der Waals surface area (Å²) in [7, 11) is 1.55. The highest BCUT2D eigenvalue weighted by Crippen LogP contribution is 2.29. The quantitative estimate of drug-likeness (QED) is 0.336. The van der Waals surface area contributed by atoms with Gasteiger partial charge in [-0.1, -0.05) is 19.1 Å². The summed E-state index contributed by atoms with van der Waals surface area (Å²) < 4.78 is 9.56. The van der Waals surface area contributed by atoms with Crippen molar-refractivity contribution >= 4 is 46.6 Å². The van der Waals surface area contributed by atoms with Crippen molar-refractivity contribution in [2.24, 2.45) is 4.99 Å². The minimum Gasteiger partial charge on any atom is -0.504 e. The average molecular weight is 532 g/mol. The highest BCUT2D eigenvalue weighted by molar-refractivity contribution is 14.0. The fourth-order valence-electron chi connectivity index (χ4n) is 3.07. The molecule has 0 radical (unpaired) electrons. The molecule has 1 aromatic heterocycles. The number of rotatable bonds is 6. The van der Waals surface area contributed by atoms with Crippen LogP contribution in [0.15, 0.2) is 23.2 Å². The second kappa shape index (κ2) is 11.4. The van der Waals surface area contributed by atoms with E-state index in [1.165, 1.54) is 11.5 Å². The van der Waals surface area contributed by atoms with E-state index in [0.29, 0.717) is 12.3 Å². The Morgan fingerprint density at radius 1 is 1.28 bits per heavy atom. The van der Waals surface area contributed by atoms with E-state index < -0.39 is 0 Å². The lowest BCUT2D eigenvalue weighted by molar-refractivity contribution is 0.368. The van der Waals surface area contributed by atoms with Crippen molar-refractivity contribution in [3.05, 3.63) is 29.6 Å². The number of nitrogens with one attached hydrogen (secondary N) is 1. The number of guanidine groups is 1. The molecule has 3 rings (SSSR count). The van der Waals surface area contributed by atoms with Crippen LogP contribution in [0.3, 0.4) is 0 Å². The fourth-order valence-corrected chi connectivity index (χ4v) is 3.87. The molecule has 0 bridgehead atoms. The number of phenolic OH excluding ortho intramolecular Hbond substituents is 1. The number of nitrogens with zero attached hydrogens (tertiary/aromatic N) is 5. The van der Waals surface area contributed by atoms with Gasteiger partial charge in [0.1, 0.15) is 5.82 Å². The zero-order chi connectivity index (χ0) is 19.9. The van der Waals surface area contributed by atoms with Gasteiger partial charge in [-0.25, -0.2) is 9.98 Å². The first-order valence-corrected chi connectivity index (χ1v) is 10.4. The number of hydrogen-bond donors (Lipinski definition) is 2. The number of phenols is 1. The number of anilines is 1. The van der Waals surface area contributed by atoms with Crippen molar-refractivity contribution < 1.29 is 9.84 Å². The summed E-state index contributed by atoms with van der Waals surface area (Å²) in [5.74, 6) is 2.39. The number of halogens is 1. The van der Waals surface area contributed by atoms with Crippen LogP contribution in [0, 0.1) is 0 Å². The van der Waals surface area contributed by atoms with Gasteiger partial charge in [0.15, 0.2) is 17.5 Å². The first-order valence-electron chi connectivity index (χ1n) is 9.61. The van der Waals surface area contributed by atoms with E-state index in [1.54, 1.807) is 13.2 Å². The Hall–Kier alpha value is -1.82. The number of para-hydroxylation sites is 1. The SMILES string of the molecule is CCNC(=NCc1cccc(OC)c1O)N1CCN(c2nc(CC)ns2)CC1.I. The van der Waals surface area contributed by atoms with Crippen LogP contribution in [0.1, 0.15) is 25.2 Å². The smallest absolute Gasteiger partial charge is 0.205 e. The van der Waals surface area contributed by atoms with Crippen LogP contribution in [0.5, 0.6) is 11.5 Å². The molecule has 29 heavy (non-hydrogen) atoms. The summed E-state index contributed by atoms with van der Waals surface area (Å²) in [5.41, 5.74) is 0.745. The molecule has 2 aromatic rings. The average Bonchev–Trinajstić information content (AvgIpc) is 3.21. The summed E-state index contributed by atoms with van der Waals surface area (Å²) >= 11 is 1.47. The largest absolute Gasteiger partial charge is 0.504 e. The Bertz CT molecular complexity index is 808. The van der Waals surface area contributed by atoms with Crippen LogP contribution in [0.2, 0.25) is 0 Å². The van der Waals surface area contributed by atoms with Gasteiger partial charge in [-0.3, -0.25) is 0 Å². The van der Waals surface area contributed by atoms with E-state index in [9.17, 15) is 5.11 Å². The van der Waals surface area contributed by atoms with Crippen LogP contribution >= 0.6 is 35.5 Å². The monoisotopic (exact) mass is 532 g/mol. The fraction of sp³-hybridized carbons (Fsp3) is 0.526. The van der Waals surface area contributed by atoms with Crippen molar-refractivity contribution in [1.29, 1.82) is 0 Å². The van der Waals surface area contributed by atoms with Gasteiger partial charge in [0.2, 0.25) is 5.13 Å². The summed E-state index contributed by atoms with van der Waals surface area (Å²) in [5, 5.41) is 14.6. The van der Waals surface area contributed by atoms with Gasteiger partial charge in [0.25, 0.3) is 0 Å².